The predicted molar refractivity (Wildman–Crippen MR) is 85.2 cm³/mol. The molecular weight excluding hydrogens is 292 g/mol. The van der Waals surface area contributed by atoms with E-state index in [1.807, 2.05) is 27.7 Å². The molecule has 0 unspecified atom stereocenters. The Morgan fingerprint density at radius 1 is 1.19 bits per heavy atom. The fourth-order valence-corrected chi connectivity index (χ4v) is 2.00. The molecule has 0 spiro atoms. The van der Waals surface area contributed by atoms with E-state index in [0.29, 0.717) is 11.3 Å². The second-order valence-electron chi connectivity index (χ2n) is 5.92. The Labute approximate surface area is 131 Å². The van der Waals surface area contributed by atoms with Crippen molar-refractivity contribution in [1.29, 1.82) is 0 Å². The highest BCUT2D eigenvalue weighted by Crippen LogP contribution is 2.36. The molecule has 1 aliphatic heterocycles. The molecule has 1 aromatic carbocycles. The van der Waals surface area contributed by atoms with Crippen LogP contribution in [0, 0.1) is 0 Å². The van der Waals surface area contributed by atoms with Crippen molar-refractivity contribution in [3.05, 3.63) is 23.8 Å². The first-order valence-electron chi connectivity index (χ1n) is 6.51. The number of carbonyl (C=O) groups excluding carboxylic acids is 1. The number of hydrogen-bond donors (Lipinski definition) is 1. The van der Waals surface area contributed by atoms with Crippen LogP contribution in [0.4, 0.5) is 5.69 Å². The third kappa shape index (κ3) is 3.17. The van der Waals surface area contributed by atoms with Crippen LogP contribution in [0.2, 0.25) is 0 Å². The molecule has 2 rings (SSSR count). The van der Waals surface area contributed by atoms with Gasteiger partial charge in [0.15, 0.2) is 0 Å². The van der Waals surface area contributed by atoms with Crippen molar-refractivity contribution in [2.75, 3.05) is 12.8 Å². The highest BCUT2D eigenvalue weighted by Gasteiger charge is 2.52. The maximum Gasteiger partial charge on any atom is 0.496 e. The minimum Gasteiger partial charge on any atom is -0.465 e. The second kappa shape index (κ2) is 5.87. The number of methoxy groups -OCH3 is 1. The first-order valence-corrected chi connectivity index (χ1v) is 6.51. The number of esters is 1. The molecule has 1 fully saturated rings. The molecule has 1 heterocycles. The van der Waals surface area contributed by atoms with Gasteiger partial charge >= 0.3 is 13.1 Å². The fourth-order valence-electron chi connectivity index (χ4n) is 2.00. The van der Waals surface area contributed by atoms with Crippen LogP contribution in [-0.2, 0) is 14.0 Å². The number of ether oxygens (including phenoxy) is 1. The average molecular weight is 314 g/mol. The fraction of sp³-hybridized carbons (Fsp3) is 0.500. The Balaban J connectivity index is 0.00000220. The van der Waals surface area contributed by atoms with E-state index >= 15 is 0 Å². The summed E-state index contributed by atoms with van der Waals surface area (Å²) in [5.41, 5.74) is 6.73. The Bertz CT molecular complexity index is 532. The van der Waals surface area contributed by atoms with Crippen molar-refractivity contribution in [3.8, 4) is 0 Å². The molecule has 0 bridgehead atoms. The van der Waals surface area contributed by atoms with Gasteiger partial charge in [-0.25, -0.2) is 4.79 Å². The zero-order valence-corrected chi connectivity index (χ0v) is 13.7. The van der Waals surface area contributed by atoms with Gasteiger partial charge in [-0.05, 0) is 39.8 Å². The molecule has 0 radical (unpaired) electrons. The van der Waals surface area contributed by atoms with E-state index in [-0.39, 0.29) is 12.4 Å². The summed E-state index contributed by atoms with van der Waals surface area (Å²) >= 11 is 0. The average Bonchev–Trinajstić information content (AvgIpc) is 2.57. The van der Waals surface area contributed by atoms with Gasteiger partial charge in [-0.3, -0.25) is 0 Å². The van der Waals surface area contributed by atoms with E-state index < -0.39 is 24.3 Å². The van der Waals surface area contributed by atoms with Crippen molar-refractivity contribution in [2.24, 2.45) is 0 Å². The molecule has 1 aromatic rings. The van der Waals surface area contributed by atoms with E-state index in [0.717, 1.165) is 5.46 Å². The molecule has 7 heteroatoms. The Morgan fingerprint density at radius 2 is 1.71 bits per heavy atom. The third-order valence-electron chi connectivity index (χ3n) is 4.02. The van der Waals surface area contributed by atoms with E-state index in [4.69, 9.17) is 15.0 Å². The van der Waals surface area contributed by atoms with Gasteiger partial charge in [0, 0.05) is 11.2 Å². The molecule has 1 aliphatic rings. The number of nitrogen functional groups attached to an aromatic ring is 1. The molecule has 0 saturated carbocycles. The number of carbonyl (C=O) groups is 1. The highest BCUT2D eigenvalue weighted by molar-refractivity contribution is 6.63. The van der Waals surface area contributed by atoms with Crippen LogP contribution in [0.15, 0.2) is 18.2 Å². The summed E-state index contributed by atoms with van der Waals surface area (Å²) in [5.74, 6) is -0.419. The number of nitrogens with two attached hydrogens (primary N) is 1. The number of hydrogen-bond acceptors (Lipinski definition) is 5. The lowest BCUT2D eigenvalue weighted by molar-refractivity contribution is 0.00578. The zero-order valence-electron chi connectivity index (χ0n) is 12.9. The summed E-state index contributed by atoms with van der Waals surface area (Å²) in [6.45, 7) is 7.91. The van der Waals surface area contributed by atoms with Gasteiger partial charge in [-0.1, -0.05) is 6.07 Å². The third-order valence-corrected chi connectivity index (χ3v) is 4.02. The minimum absolute atomic E-state index is 0. The van der Waals surface area contributed by atoms with Crippen LogP contribution in [-0.4, -0.2) is 31.4 Å². The van der Waals surface area contributed by atoms with Crippen molar-refractivity contribution in [3.63, 3.8) is 0 Å². The topological polar surface area (TPSA) is 70.8 Å². The van der Waals surface area contributed by atoms with Gasteiger partial charge in [0.1, 0.15) is 0 Å². The molecule has 1 saturated heterocycles. The minimum atomic E-state index is -0.535. The SMILES string of the molecule is COC(=O)c1ccc(B2OC(C)(C)C(C)(C)O2)c(N)c1.Cl. The molecule has 0 amide bonds. The predicted octanol–water partition coefficient (Wildman–Crippen LogP) is 1.78. The van der Waals surface area contributed by atoms with Gasteiger partial charge in [0.05, 0.1) is 23.9 Å². The molecule has 2 N–H and O–H groups in total. The molecule has 21 heavy (non-hydrogen) atoms. The van der Waals surface area contributed by atoms with Crippen molar-refractivity contribution < 1.29 is 18.8 Å². The van der Waals surface area contributed by atoms with E-state index in [1.54, 1.807) is 18.2 Å². The summed E-state index contributed by atoms with van der Waals surface area (Å²) in [4.78, 5) is 11.5. The molecule has 0 aliphatic carbocycles. The lowest BCUT2D eigenvalue weighted by atomic mass is 9.77. The van der Waals surface area contributed by atoms with Crippen LogP contribution in [0.1, 0.15) is 38.1 Å². The summed E-state index contributed by atoms with van der Waals surface area (Å²) < 4.78 is 16.5. The molecule has 5 nitrogen and oxygen atoms in total. The molecule has 0 atom stereocenters. The number of rotatable bonds is 2. The van der Waals surface area contributed by atoms with Gasteiger partial charge < -0.3 is 19.8 Å². The monoisotopic (exact) mass is 313 g/mol. The second-order valence-corrected chi connectivity index (χ2v) is 5.92. The van der Waals surface area contributed by atoms with E-state index in [2.05, 4.69) is 4.74 Å². The Morgan fingerprint density at radius 3 is 2.14 bits per heavy atom. The highest BCUT2D eigenvalue weighted by atomic mass is 35.5. The first-order chi connectivity index (χ1) is 9.18. The van der Waals surface area contributed by atoms with Crippen molar-refractivity contribution in [2.45, 2.75) is 38.9 Å². The molecular formula is C14H21BClNO4. The summed E-state index contributed by atoms with van der Waals surface area (Å²) in [6, 6.07) is 4.97. The maximum atomic E-state index is 11.5. The summed E-state index contributed by atoms with van der Waals surface area (Å²) in [7, 11) is 0.799. The van der Waals surface area contributed by atoms with E-state index in [9.17, 15) is 4.79 Å². The summed E-state index contributed by atoms with van der Waals surface area (Å²) in [5, 5.41) is 0. The number of benzene rings is 1. The quantitative estimate of drug-likeness (QED) is 0.512. The van der Waals surface area contributed by atoms with Gasteiger partial charge in [-0.15, -0.1) is 12.4 Å². The van der Waals surface area contributed by atoms with Gasteiger partial charge in [-0.2, -0.15) is 0 Å². The standard InChI is InChI=1S/C14H20BNO4.ClH/c1-13(2)14(3,4)20-15(19-13)10-7-6-9(8-11(10)16)12(17)18-5;/h6-8H,16H2,1-5H3;1H. The molecule has 116 valence electrons. The smallest absolute Gasteiger partial charge is 0.465 e. The largest absolute Gasteiger partial charge is 0.496 e. The van der Waals surface area contributed by atoms with E-state index in [1.165, 1.54) is 7.11 Å². The van der Waals surface area contributed by atoms with Gasteiger partial charge in [0.25, 0.3) is 0 Å². The van der Waals surface area contributed by atoms with Crippen molar-refractivity contribution >= 4 is 36.6 Å². The number of anilines is 1. The van der Waals surface area contributed by atoms with Crippen LogP contribution in [0.5, 0.6) is 0 Å². The first kappa shape index (κ1) is 17.8. The van der Waals surface area contributed by atoms with Crippen molar-refractivity contribution in [1.82, 2.24) is 0 Å². The van der Waals surface area contributed by atoms with Crippen LogP contribution in [0.25, 0.3) is 0 Å². The van der Waals surface area contributed by atoms with Gasteiger partial charge in [0.2, 0.25) is 0 Å². The number of halogens is 1. The lowest BCUT2D eigenvalue weighted by Gasteiger charge is -2.32. The summed E-state index contributed by atoms with van der Waals surface area (Å²) in [6.07, 6.45) is 0. The molecule has 0 aromatic heterocycles. The van der Waals surface area contributed by atoms with Crippen LogP contribution >= 0.6 is 12.4 Å². The maximum absolute atomic E-state index is 11.5. The van der Waals surface area contributed by atoms with Crippen LogP contribution in [0.3, 0.4) is 0 Å². The normalized spacial score (nSPS) is 19.0. The van der Waals surface area contributed by atoms with Crippen LogP contribution < -0.4 is 11.2 Å². The Kier molecular flexibility index (Phi) is 4.98. The zero-order chi connectivity index (χ0) is 15.1. The lowest BCUT2D eigenvalue weighted by Crippen LogP contribution is -2.41. The Hall–Kier alpha value is -1.24.